The summed E-state index contributed by atoms with van der Waals surface area (Å²) in [6.07, 6.45) is 0. The van der Waals surface area contributed by atoms with Gasteiger partial charge in [0.05, 0.1) is 23.6 Å². The number of amides is 1. The highest BCUT2D eigenvalue weighted by atomic mass is 35.5. The summed E-state index contributed by atoms with van der Waals surface area (Å²) in [5, 5.41) is 8.41. The predicted octanol–water partition coefficient (Wildman–Crippen LogP) is 3.41. The Balaban J connectivity index is 1.97. The van der Waals surface area contributed by atoms with Crippen molar-refractivity contribution in [2.24, 2.45) is 7.05 Å². The quantitative estimate of drug-likeness (QED) is 0.894. The molecule has 5 nitrogen and oxygen atoms in total. The van der Waals surface area contributed by atoms with Gasteiger partial charge in [0.1, 0.15) is 0 Å². The number of nitrogens with one attached hydrogen (secondary N) is 1. The molecule has 0 aliphatic rings. The van der Waals surface area contributed by atoms with Crippen LogP contribution in [0, 0.1) is 13.8 Å². The lowest BCUT2D eigenvalue weighted by Gasteiger charge is -2.17. The fraction of sp³-hybridized carbons (Fsp3) is 0.375. The van der Waals surface area contributed by atoms with E-state index in [0.717, 1.165) is 22.6 Å². The van der Waals surface area contributed by atoms with Crippen LogP contribution in [-0.4, -0.2) is 34.2 Å². The maximum atomic E-state index is 12.2. The molecule has 1 aromatic carbocycles. The summed E-state index contributed by atoms with van der Waals surface area (Å²) < 4.78 is 1.75. The average Bonchev–Trinajstić information content (AvgIpc) is 2.68. The molecule has 0 bridgehead atoms. The zero-order valence-electron chi connectivity index (χ0n) is 13.7. The van der Waals surface area contributed by atoms with E-state index in [-0.39, 0.29) is 12.5 Å². The van der Waals surface area contributed by atoms with Crippen LogP contribution in [0.1, 0.15) is 17.0 Å². The Kier molecular flexibility index (Phi) is 5.68. The summed E-state index contributed by atoms with van der Waals surface area (Å²) in [4.78, 5) is 14.1. The van der Waals surface area contributed by atoms with Crippen LogP contribution in [0.2, 0.25) is 10.0 Å². The van der Waals surface area contributed by atoms with Gasteiger partial charge >= 0.3 is 0 Å². The van der Waals surface area contributed by atoms with E-state index in [1.165, 1.54) is 0 Å². The minimum absolute atomic E-state index is 0.0863. The molecule has 0 saturated carbocycles. The minimum atomic E-state index is -0.0863. The van der Waals surface area contributed by atoms with Crippen molar-refractivity contribution in [2.75, 3.05) is 18.9 Å². The molecule has 0 radical (unpaired) electrons. The zero-order chi connectivity index (χ0) is 17.1. The number of nitrogens with zero attached hydrogens (tertiary/aromatic N) is 3. The van der Waals surface area contributed by atoms with Gasteiger partial charge in [-0.1, -0.05) is 29.3 Å². The van der Waals surface area contributed by atoms with Crippen LogP contribution in [0.25, 0.3) is 0 Å². The monoisotopic (exact) mass is 354 g/mol. The van der Waals surface area contributed by atoms with Crippen LogP contribution < -0.4 is 5.32 Å². The van der Waals surface area contributed by atoms with E-state index in [4.69, 9.17) is 23.2 Å². The van der Waals surface area contributed by atoms with Crippen molar-refractivity contribution < 1.29 is 4.79 Å². The third-order valence-electron chi connectivity index (χ3n) is 3.64. The molecule has 0 fully saturated rings. The van der Waals surface area contributed by atoms with Gasteiger partial charge in [-0.25, -0.2) is 0 Å². The molecule has 0 spiro atoms. The first-order valence-corrected chi connectivity index (χ1v) is 7.96. The standard InChI is InChI=1S/C16H20Cl2N4O/c1-10-16(11(2)22(4)20-10)19-15(23)9-21(3)8-12-5-6-13(17)7-14(12)18/h5-7H,8-9H2,1-4H3,(H,19,23). The molecular weight excluding hydrogens is 335 g/mol. The predicted molar refractivity (Wildman–Crippen MR) is 94.1 cm³/mol. The van der Waals surface area contributed by atoms with Crippen molar-refractivity contribution in [1.82, 2.24) is 14.7 Å². The second-order valence-corrected chi connectivity index (χ2v) is 6.47. The van der Waals surface area contributed by atoms with E-state index < -0.39 is 0 Å². The van der Waals surface area contributed by atoms with Gasteiger partial charge in [-0.15, -0.1) is 0 Å². The molecule has 1 N–H and O–H groups in total. The molecule has 124 valence electrons. The Labute approximate surface area is 146 Å². The van der Waals surface area contributed by atoms with Crippen LogP contribution in [-0.2, 0) is 18.4 Å². The Bertz CT molecular complexity index is 727. The van der Waals surface area contributed by atoms with Gasteiger partial charge < -0.3 is 5.32 Å². The first-order valence-electron chi connectivity index (χ1n) is 7.20. The highest BCUT2D eigenvalue weighted by Crippen LogP contribution is 2.22. The second kappa shape index (κ2) is 7.34. The zero-order valence-corrected chi connectivity index (χ0v) is 15.2. The Morgan fingerprint density at radius 1 is 1.35 bits per heavy atom. The van der Waals surface area contributed by atoms with Gasteiger partial charge in [0.25, 0.3) is 0 Å². The fourth-order valence-corrected chi connectivity index (χ4v) is 2.84. The van der Waals surface area contributed by atoms with Crippen LogP contribution in [0.3, 0.4) is 0 Å². The van der Waals surface area contributed by atoms with Crippen molar-refractivity contribution >= 4 is 34.8 Å². The number of aryl methyl sites for hydroxylation is 2. The number of benzene rings is 1. The molecule has 2 rings (SSSR count). The van der Waals surface area contributed by atoms with Gasteiger partial charge in [0, 0.05) is 23.6 Å². The third-order valence-corrected chi connectivity index (χ3v) is 4.23. The maximum Gasteiger partial charge on any atom is 0.238 e. The Morgan fingerprint density at radius 3 is 2.61 bits per heavy atom. The number of halogens is 2. The molecule has 0 aliphatic heterocycles. The number of carbonyl (C=O) groups excluding carboxylic acids is 1. The van der Waals surface area contributed by atoms with Crippen molar-refractivity contribution in [1.29, 1.82) is 0 Å². The highest BCUT2D eigenvalue weighted by Gasteiger charge is 2.14. The van der Waals surface area contributed by atoms with Gasteiger partial charge in [-0.05, 0) is 38.6 Å². The van der Waals surface area contributed by atoms with E-state index in [0.29, 0.717) is 16.6 Å². The van der Waals surface area contributed by atoms with E-state index in [9.17, 15) is 4.79 Å². The Morgan fingerprint density at radius 2 is 2.04 bits per heavy atom. The molecule has 1 aromatic heterocycles. The molecule has 1 amide bonds. The lowest BCUT2D eigenvalue weighted by atomic mass is 10.2. The van der Waals surface area contributed by atoms with Crippen molar-refractivity contribution in [3.05, 3.63) is 45.2 Å². The van der Waals surface area contributed by atoms with Gasteiger partial charge in [0.15, 0.2) is 0 Å². The topological polar surface area (TPSA) is 50.2 Å². The number of anilines is 1. The maximum absolute atomic E-state index is 12.2. The number of likely N-dealkylation sites (N-methyl/N-ethyl adjacent to an activating group) is 1. The number of hydrogen-bond donors (Lipinski definition) is 1. The molecule has 1 heterocycles. The van der Waals surface area contributed by atoms with Crippen molar-refractivity contribution in [2.45, 2.75) is 20.4 Å². The van der Waals surface area contributed by atoms with Crippen LogP contribution in [0.5, 0.6) is 0 Å². The molecule has 0 unspecified atom stereocenters. The summed E-state index contributed by atoms with van der Waals surface area (Å²) in [5.74, 6) is -0.0863. The lowest BCUT2D eigenvalue weighted by molar-refractivity contribution is -0.117. The fourth-order valence-electron chi connectivity index (χ4n) is 2.38. The molecule has 0 aliphatic carbocycles. The first kappa shape index (κ1) is 17.8. The van der Waals surface area contributed by atoms with Gasteiger partial charge in [-0.3, -0.25) is 14.4 Å². The van der Waals surface area contributed by atoms with Crippen LogP contribution in [0.4, 0.5) is 5.69 Å². The van der Waals surface area contributed by atoms with E-state index >= 15 is 0 Å². The second-order valence-electron chi connectivity index (χ2n) is 5.63. The lowest BCUT2D eigenvalue weighted by Crippen LogP contribution is -2.30. The normalized spacial score (nSPS) is 11.1. The number of rotatable bonds is 5. The molecule has 7 heteroatoms. The van der Waals surface area contributed by atoms with Crippen molar-refractivity contribution in [3.63, 3.8) is 0 Å². The van der Waals surface area contributed by atoms with E-state index in [1.807, 2.05) is 38.9 Å². The summed E-state index contributed by atoms with van der Waals surface area (Å²) in [7, 11) is 3.72. The number of carbonyl (C=O) groups is 1. The van der Waals surface area contributed by atoms with Crippen molar-refractivity contribution in [3.8, 4) is 0 Å². The van der Waals surface area contributed by atoms with Crippen LogP contribution >= 0.6 is 23.2 Å². The van der Waals surface area contributed by atoms with Crippen LogP contribution in [0.15, 0.2) is 18.2 Å². The SMILES string of the molecule is Cc1nn(C)c(C)c1NC(=O)CN(C)Cc1ccc(Cl)cc1Cl. The third kappa shape index (κ3) is 4.47. The summed E-state index contributed by atoms with van der Waals surface area (Å²) in [6.45, 7) is 4.62. The van der Waals surface area contributed by atoms with Gasteiger partial charge in [0.2, 0.25) is 5.91 Å². The Hall–Kier alpha value is -1.56. The molecule has 23 heavy (non-hydrogen) atoms. The summed E-state index contributed by atoms with van der Waals surface area (Å²) >= 11 is 12.1. The molecule has 0 saturated heterocycles. The van der Waals surface area contributed by atoms with Gasteiger partial charge in [-0.2, -0.15) is 5.10 Å². The summed E-state index contributed by atoms with van der Waals surface area (Å²) in [6, 6.07) is 5.36. The molecule has 0 atom stereocenters. The number of aromatic nitrogens is 2. The minimum Gasteiger partial charge on any atom is -0.322 e. The van der Waals surface area contributed by atoms with E-state index in [1.54, 1.807) is 16.8 Å². The van der Waals surface area contributed by atoms with E-state index in [2.05, 4.69) is 10.4 Å². The largest absolute Gasteiger partial charge is 0.322 e. The smallest absolute Gasteiger partial charge is 0.238 e. The molecule has 2 aromatic rings. The highest BCUT2D eigenvalue weighted by molar-refractivity contribution is 6.35. The average molecular weight is 355 g/mol. The number of hydrogen-bond acceptors (Lipinski definition) is 3. The first-order chi connectivity index (χ1) is 10.8. The molecular formula is C16H20Cl2N4O. The summed E-state index contributed by atoms with van der Waals surface area (Å²) in [5.41, 5.74) is 3.44.